The second-order valence-electron chi connectivity index (χ2n) is 1.03. The molecular weight excluding hydrogens is 92.1 g/mol. The molecule has 0 amide bonds. The molecule has 0 saturated heterocycles. The minimum atomic E-state index is 0.0718. The van der Waals surface area contributed by atoms with Gasteiger partial charge in [0, 0.05) is 6.08 Å². The third-order valence-corrected chi connectivity index (χ3v) is 0.541. The maximum Gasteiger partial charge on any atom is 0.114 e. The van der Waals surface area contributed by atoms with Gasteiger partial charge in [-0.15, -0.1) is 0 Å². The molecule has 0 aliphatic carbocycles. The highest BCUT2D eigenvalue weighted by atomic mass is 16.3. The van der Waals surface area contributed by atoms with Crippen LogP contribution >= 0.6 is 0 Å². The molecule has 40 valence electrons. The molecule has 2 nitrogen and oxygen atoms in total. The normalized spacial score (nSPS) is 13.0. The highest BCUT2D eigenvalue weighted by Gasteiger charge is 1.74. The smallest absolute Gasteiger partial charge is 0.114 e. The molecule has 0 unspecified atom stereocenters. The van der Waals surface area contributed by atoms with E-state index in [9.17, 15) is 0 Å². The summed E-state index contributed by atoms with van der Waals surface area (Å²) in [6.07, 6.45) is 3.46. The zero-order valence-corrected chi connectivity index (χ0v) is 4.13. The fourth-order valence-electron chi connectivity index (χ4n) is 0.173. The Kier molecular flexibility index (Phi) is 2.85. The van der Waals surface area contributed by atoms with Crippen molar-refractivity contribution >= 4 is 0 Å². The van der Waals surface area contributed by atoms with Gasteiger partial charge in [-0.05, 0) is 13.0 Å². The summed E-state index contributed by atoms with van der Waals surface area (Å²) in [5, 5.41) is 16.5. The van der Waals surface area contributed by atoms with Gasteiger partial charge in [0.05, 0.1) is 6.26 Å². The number of hydrogen-bond acceptors (Lipinski definition) is 2. The zero-order valence-electron chi connectivity index (χ0n) is 4.13. The summed E-state index contributed by atoms with van der Waals surface area (Å²) >= 11 is 0. The van der Waals surface area contributed by atoms with Crippen molar-refractivity contribution in [3.8, 4) is 0 Å². The van der Waals surface area contributed by atoms with Gasteiger partial charge in [-0.1, -0.05) is 0 Å². The summed E-state index contributed by atoms with van der Waals surface area (Å²) in [4.78, 5) is 0. The molecule has 0 radical (unpaired) electrons. The molecule has 2 N–H and O–H groups in total. The van der Waals surface area contributed by atoms with Crippen molar-refractivity contribution in [2.45, 2.75) is 6.92 Å². The van der Waals surface area contributed by atoms with Gasteiger partial charge in [0.2, 0.25) is 0 Å². The van der Waals surface area contributed by atoms with Crippen molar-refractivity contribution in [3.63, 3.8) is 0 Å². The summed E-state index contributed by atoms with van der Waals surface area (Å²) in [6, 6.07) is 0. The molecule has 2 heteroatoms. The minimum absolute atomic E-state index is 0.0718. The monoisotopic (exact) mass is 100 g/mol. The lowest BCUT2D eigenvalue weighted by Crippen LogP contribution is -1.68. The van der Waals surface area contributed by atoms with Gasteiger partial charge in [-0.2, -0.15) is 0 Å². The van der Waals surface area contributed by atoms with E-state index in [4.69, 9.17) is 10.2 Å². The van der Waals surface area contributed by atoms with Crippen molar-refractivity contribution in [1.29, 1.82) is 0 Å². The SMILES string of the molecule is CC=C(O)C=CO. The average Bonchev–Trinajstić information content (AvgIpc) is 1.68. The van der Waals surface area contributed by atoms with Gasteiger partial charge in [0.25, 0.3) is 0 Å². The third kappa shape index (κ3) is 2.89. The second-order valence-corrected chi connectivity index (χ2v) is 1.03. The van der Waals surface area contributed by atoms with E-state index in [1.165, 1.54) is 12.2 Å². The Morgan fingerprint density at radius 1 is 1.57 bits per heavy atom. The summed E-state index contributed by atoms with van der Waals surface area (Å²) in [5.41, 5.74) is 0. The van der Waals surface area contributed by atoms with Gasteiger partial charge in [-0.25, -0.2) is 0 Å². The highest BCUT2D eigenvalue weighted by molar-refractivity contribution is 5.05. The number of aliphatic hydroxyl groups excluding tert-OH is 2. The Bertz CT molecular complexity index is 92.3. The lowest BCUT2D eigenvalue weighted by Gasteiger charge is -1.80. The maximum atomic E-state index is 8.47. The van der Waals surface area contributed by atoms with Crippen LogP contribution in [0.15, 0.2) is 24.2 Å². The molecule has 0 fully saturated rings. The Morgan fingerprint density at radius 2 is 2.14 bits per heavy atom. The maximum absolute atomic E-state index is 8.47. The molecule has 0 rings (SSSR count). The van der Waals surface area contributed by atoms with E-state index < -0.39 is 0 Å². The first-order valence-corrected chi connectivity index (χ1v) is 1.97. The van der Waals surface area contributed by atoms with Crippen LogP contribution in [0, 0.1) is 0 Å². The Morgan fingerprint density at radius 3 is 2.29 bits per heavy atom. The van der Waals surface area contributed by atoms with E-state index in [1.54, 1.807) is 6.92 Å². The van der Waals surface area contributed by atoms with Crippen molar-refractivity contribution in [1.82, 2.24) is 0 Å². The second kappa shape index (κ2) is 3.28. The van der Waals surface area contributed by atoms with Crippen LogP contribution in [-0.2, 0) is 0 Å². The van der Waals surface area contributed by atoms with Crippen LogP contribution in [0.1, 0.15) is 6.92 Å². The molecule has 0 aromatic heterocycles. The molecule has 0 aliphatic heterocycles. The summed E-state index contributed by atoms with van der Waals surface area (Å²) in [6.45, 7) is 1.68. The van der Waals surface area contributed by atoms with Gasteiger partial charge in [0.15, 0.2) is 0 Å². The number of aliphatic hydroxyl groups is 2. The fourth-order valence-corrected chi connectivity index (χ4v) is 0.173. The highest BCUT2D eigenvalue weighted by Crippen LogP contribution is 1.85. The van der Waals surface area contributed by atoms with Crippen LogP contribution in [-0.4, -0.2) is 10.2 Å². The van der Waals surface area contributed by atoms with Crippen LogP contribution in [0.25, 0.3) is 0 Å². The van der Waals surface area contributed by atoms with Crippen molar-refractivity contribution in [3.05, 3.63) is 24.2 Å². The lowest BCUT2D eigenvalue weighted by atomic mass is 10.5. The molecule has 7 heavy (non-hydrogen) atoms. The summed E-state index contributed by atoms with van der Waals surface area (Å²) in [7, 11) is 0. The standard InChI is InChI=1S/C5H8O2/c1-2-5(7)3-4-6/h2-4,6-7H,1H3. The largest absolute Gasteiger partial charge is 0.515 e. The van der Waals surface area contributed by atoms with E-state index in [2.05, 4.69) is 0 Å². The minimum Gasteiger partial charge on any atom is -0.515 e. The van der Waals surface area contributed by atoms with Gasteiger partial charge < -0.3 is 10.2 Å². The van der Waals surface area contributed by atoms with Crippen LogP contribution in [0.4, 0.5) is 0 Å². The molecule has 0 aliphatic rings. The van der Waals surface area contributed by atoms with E-state index in [0.29, 0.717) is 0 Å². The summed E-state index contributed by atoms with van der Waals surface area (Å²) < 4.78 is 0. The number of allylic oxidation sites excluding steroid dienone is 2. The molecule has 0 aromatic carbocycles. The van der Waals surface area contributed by atoms with E-state index in [-0.39, 0.29) is 5.76 Å². The first kappa shape index (κ1) is 6.08. The van der Waals surface area contributed by atoms with Crippen LogP contribution in [0.3, 0.4) is 0 Å². The first-order valence-electron chi connectivity index (χ1n) is 1.97. The Labute approximate surface area is 42.4 Å². The third-order valence-electron chi connectivity index (χ3n) is 0.541. The molecule has 0 aromatic rings. The molecule has 0 heterocycles. The van der Waals surface area contributed by atoms with E-state index >= 15 is 0 Å². The molecule has 0 saturated carbocycles. The molecule has 0 spiro atoms. The Balaban J connectivity index is 3.58. The van der Waals surface area contributed by atoms with Crippen LogP contribution in [0.5, 0.6) is 0 Å². The number of rotatable bonds is 1. The van der Waals surface area contributed by atoms with Gasteiger partial charge in [0.1, 0.15) is 5.76 Å². The predicted molar refractivity (Wildman–Crippen MR) is 28.2 cm³/mol. The number of hydrogen-bond donors (Lipinski definition) is 2. The fraction of sp³-hybridized carbons (Fsp3) is 0.200. The topological polar surface area (TPSA) is 40.5 Å². The van der Waals surface area contributed by atoms with Crippen LogP contribution < -0.4 is 0 Å². The van der Waals surface area contributed by atoms with Crippen molar-refractivity contribution in [2.24, 2.45) is 0 Å². The first-order chi connectivity index (χ1) is 3.31. The van der Waals surface area contributed by atoms with E-state index in [0.717, 1.165) is 6.26 Å². The van der Waals surface area contributed by atoms with Gasteiger partial charge in [-0.3, -0.25) is 0 Å². The predicted octanol–water partition coefficient (Wildman–Crippen LogP) is 1.52. The Hall–Kier alpha value is -0.920. The van der Waals surface area contributed by atoms with Crippen molar-refractivity contribution in [2.75, 3.05) is 0 Å². The quantitative estimate of drug-likeness (QED) is 0.387. The zero-order chi connectivity index (χ0) is 5.70. The lowest BCUT2D eigenvalue weighted by molar-refractivity contribution is 0.419. The van der Waals surface area contributed by atoms with E-state index in [1.807, 2.05) is 0 Å². The van der Waals surface area contributed by atoms with Gasteiger partial charge >= 0.3 is 0 Å². The molecular formula is C5H8O2. The van der Waals surface area contributed by atoms with Crippen molar-refractivity contribution < 1.29 is 10.2 Å². The average molecular weight is 100 g/mol. The molecule has 0 bridgehead atoms. The summed E-state index contributed by atoms with van der Waals surface area (Å²) in [5.74, 6) is 0.0718. The van der Waals surface area contributed by atoms with Crippen LogP contribution in [0.2, 0.25) is 0 Å². The molecule has 0 atom stereocenters.